The standard InChI is InChI=1S/C11H18O2/c1-3-6-11(2)7-4-5-9(8-12)10(11)13/h8,12H,3-7H2,1-2H3/b9-8-. The van der Waals surface area contributed by atoms with Crippen LogP contribution in [0.1, 0.15) is 46.0 Å². The van der Waals surface area contributed by atoms with Gasteiger partial charge in [0.05, 0.1) is 6.26 Å². The van der Waals surface area contributed by atoms with Gasteiger partial charge in [-0.1, -0.05) is 20.3 Å². The molecule has 0 aromatic rings. The zero-order valence-electron chi connectivity index (χ0n) is 8.47. The van der Waals surface area contributed by atoms with Crippen molar-refractivity contribution < 1.29 is 9.90 Å². The van der Waals surface area contributed by atoms with Gasteiger partial charge < -0.3 is 5.11 Å². The molecule has 2 nitrogen and oxygen atoms in total. The second-order valence-electron chi connectivity index (χ2n) is 4.15. The Labute approximate surface area is 79.6 Å². The number of hydrogen-bond donors (Lipinski definition) is 1. The molecule has 74 valence electrons. The first kappa shape index (κ1) is 10.3. The summed E-state index contributed by atoms with van der Waals surface area (Å²) in [5.74, 6) is 0.156. The summed E-state index contributed by atoms with van der Waals surface area (Å²) in [6, 6.07) is 0. The average molecular weight is 182 g/mol. The van der Waals surface area contributed by atoms with Crippen LogP contribution in [0.25, 0.3) is 0 Å². The van der Waals surface area contributed by atoms with Crippen molar-refractivity contribution in [2.45, 2.75) is 46.0 Å². The second kappa shape index (κ2) is 3.95. The first-order chi connectivity index (χ1) is 6.14. The number of hydrogen-bond acceptors (Lipinski definition) is 2. The lowest BCUT2D eigenvalue weighted by Crippen LogP contribution is -2.32. The molecule has 0 bridgehead atoms. The molecule has 0 saturated heterocycles. The minimum atomic E-state index is -0.207. The van der Waals surface area contributed by atoms with Crippen molar-refractivity contribution in [2.75, 3.05) is 0 Å². The van der Waals surface area contributed by atoms with Gasteiger partial charge in [0, 0.05) is 11.0 Å². The third kappa shape index (κ3) is 1.93. The molecule has 1 unspecified atom stereocenters. The predicted octanol–water partition coefficient (Wildman–Crippen LogP) is 2.99. The van der Waals surface area contributed by atoms with Gasteiger partial charge in [-0.05, 0) is 25.7 Å². The topological polar surface area (TPSA) is 37.3 Å². The lowest BCUT2D eigenvalue weighted by molar-refractivity contribution is -0.126. The predicted molar refractivity (Wildman–Crippen MR) is 52.6 cm³/mol. The fourth-order valence-electron chi connectivity index (χ4n) is 2.20. The largest absolute Gasteiger partial charge is 0.515 e. The molecule has 0 radical (unpaired) electrons. The quantitative estimate of drug-likeness (QED) is 0.526. The van der Waals surface area contributed by atoms with Gasteiger partial charge >= 0.3 is 0 Å². The molecule has 2 heteroatoms. The fraction of sp³-hybridized carbons (Fsp3) is 0.727. The van der Waals surface area contributed by atoms with Crippen molar-refractivity contribution in [3.05, 3.63) is 11.8 Å². The van der Waals surface area contributed by atoms with E-state index in [9.17, 15) is 4.79 Å². The van der Waals surface area contributed by atoms with Crippen LogP contribution in [-0.4, -0.2) is 10.9 Å². The van der Waals surface area contributed by atoms with E-state index in [4.69, 9.17) is 5.11 Å². The Morgan fingerprint density at radius 2 is 2.31 bits per heavy atom. The van der Waals surface area contributed by atoms with E-state index in [0.717, 1.165) is 38.4 Å². The van der Waals surface area contributed by atoms with E-state index < -0.39 is 0 Å². The highest BCUT2D eigenvalue weighted by molar-refractivity contribution is 6.00. The molecule has 1 atom stereocenters. The van der Waals surface area contributed by atoms with Gasteiger partial charge in [-0.15, -0.1) is 0 Å². The first-order valence-electron chi connectivity index (χ1n) is 5.02. The molecule has 0 aliphatic heterocycles. The molecule has 1 N–H and O–H groups in total. The Balaban J connectivity index is 2.81. The molecule has 13 heavy (non-hydrogen) atoms. The average Bonchev–Trinajstić information content (AvgIpc) is 2.11. The van der Waals surface area contributed by atoms with Crippen LogP contribution in [0.3, 0.4) is 0 Å². The summed E-state index contributed by atoms with van der Waals surface area (Å²) >= 11 is 0. The summed E-state index contributed by atoms with van der Waals surface area (Å²) in [5.41, 5.74) is 0.406. The summed E-state index contributed by atoms with van der Waals surface area (Å²) in [6.07, 6.45) is 5.69. The van der Waals surface area contributed by atoms with Crippen molar-refractivity contribution in [1.29, 1.82) is 0 Å². The number of ketones is 1. The molecule has 0 aromatic heterocycles. The van der Waals surface area contributed by atoms with Gasteiger partial charge in [0.15, 0.2) is 5.78 Å². The lowest BCUT2D eigenvalue weighted by Gasteiger charge is -2.32. The molecular formula is C11H18O2. The number of aliphatic hydroxyl groups excluding tert-OH is 1. The van der Waals surface area contributed by atoms with Crippen molar-refractivity contribution in [2.24, 2.45) is 5.41 Å². The molecule has 0 aromatic carbocycles. The summed E-state index contributed by atoms with van der Waals surface area (Å²) < 4.78 is 0. The van der Waals surface area contributed by atoms with Gasteiger partial charge in [-0.2, -0.15) is 0 Å². The van der Waals surface area contributed by atoms with E-state index >= 15 is 0 Å². The van der Waals surface area contributed by atoms with E-state index in [1.54, 1.807) is 0 Å². The SMILES string of the molecule is CCCC1(C)CCC/C(=C/O)C1=O. The molecule has 1 aliphatic carbocycles. The van der Waals surface area contributed by atoms with Gasteiger partial charge in [-0.3, -0.25) is 4.79 Å². The second-order valence-corrected chi connectivity index (χ2v) is 4.15. The van der Waals surface area contributed by atoms with E-state index in [1.165, 1.54) is 0 Å². The van der Waals surface area contributed by atoms with Crippen LogP contribution in [0.5, 0.6) is 0 Å². The molecule has 1 aliphatic rings. The van der Waals surface area contributed by atoms with Gasteiger partial charge in [-0.25, -0.2) is 0 Å². The van der Waals surface area contributed by atoms with Crippen LogP contribution >= 0.6 is 0 Å². The van der Waals surface area contributed by atoms with E-state index in [-0.39, 0.29) is 11.2 Å². The normalized spacial score (nSPS) is 32.5. The first-order valence-corrected chi connectivity index (χ1v) is 5.02. The third-order valence-electron chi connectivity index (χ3n) is 2.97. The minimum Gasteiger partial charge on any atom is -0.515 e. The number of carbonyl (C=O) groups excluding carboxylic acids is 1. The monoisotopic (exact) mass is 182 g/mol. The van der Waals surface area contributed by atoms with Crippen molar-refractivity contribution >= 4 is 5.78 Å². The number of allylic oxidation sites excluding steroid dienone is 1. The van der Waals surface area contributed by atoms with Crippen LogP contribution in [-0.2, 0) is 4.79 Å². The van der Waals surface area contributed by atoms with Crippen molar-refractivity contribution in [3.63, 3.8) is 0 Å². The summed E-state index contributed by atoms with van der Waals surface area (Å²) in [6.45, 7) is 4.11. The van der Waals surface area contributed by atoms with Crippen LogP contribution in [0.2, 0.25) is 0 Å². The van der Waals surface area contributed by atoms with E-state index in [2.05, 4.69) is 6.92 Å². The van der Waals surface area contributed by atoms with E-state index in [0.29, 0.717) is 5.57 Å². The molecule has 0 amide bonds. The maximum atomic E-state index is 11.8. The lowest BCUT2D eigenvalue weighted by atomic mass is 9.70. The van der Waals surface area contributed by atoms with Crippen LogP contribution in [0.15, 0.2) is 11.8 Å². The number of Topliss-reactive ketones (excluding diaryl/α,β-unsaturated/α-hetero) is 1. The Hall–Kier alpha value is -0.790. The van der Waals surface area contributed by atoms with Gasteiger partial charge in [0.1, 0.15) is 0 Å². The van der Waals surface area contributed by atoms with Crippen LogP contribution in [0, 0.1) is 5.41 Å². The van der Waals surface area contributed by atoms with Crippen molar-refractivity contribution in [3.8, 4) is 0 Å². The van der Waals surface area contributed by atoms with E-state index in [1.807, 2.05) is 6.92 Å². The molecular weight excluding hydrogens is 164 g/mol. The molecule has 0 heterocycles. The smallest absolute Gasteiger partial charge is 0.167 e. The van der Waals surface area contributed by atoms with Crippen molar-refractivity contribution in [1.82, 2.24) is 0 Å². The molecule has 1 saturated carbocycles. The third-order valence-corrected chi connectivity index (χ3v) is 2.97. The highest BCUT2D eigenvalue weighted by atomic mass is 16.2. The summed E-state index contributed by atoms with van der Waals surface area (Å²) in [5, 5.41) is 8.88. The number of rotatable bonds is 2. The summed E-state index contributed by atoms with van der Waals surface area (Å²) in [4.78, 5) is 11.8. The number of carbonyl (C=O) groups is 1. The minimum absolute atomic E-state index is 0.156. The zero-order chi connectivity index (χ0) is 9.90. The highest BCUT2D eigenvalue weighted by Gasteiger charge is 2.36. The number of aliphatic hydroxyl groups is 1. The molecule has 1 rings (SSSR count). The molecule has 1 fully saturated rings. The zero-order valence-corrected chi connectivity index (χ0v) is 8.47. The molecule has 0 spiro atoms. The Morgan fingerprint density at radius 3 is 2.85 bits per heavy atom. The van der Waals surface area contributed by atoms with Gasteiger partial charge in [0.2, 0.25) is 0 Å². The maximum absolute atomic E-state index is 11.8. The highest BCUT2D eigenvalue weighted by Crippen LogP contribution is 2.38. The Morgan fingerprint density at radius 1 is 1.62 bits per heavy atom. The Bertz CT molecular complexity index is 226. The van der Waals surface area contributed by atoms with Crippen LogP contribution in [0.4, 0.5) is 0 Å². The Kier molecular flexibility index (Phi) is 3.12. The fourth-order valence-corrected chi connectivity index (χ4v) is 2.20. The van der Waals surface area contributed by atoms with Gasteiger partial charge in [0.25, 0.3) is 0 Å². The van der Waals surface area contributed by atoms with Crippen LogP contribution < -0.4 is 0 Å². The maximum Gasteiger partial charge on any atom is 0.167 e. The summed E-state index contributed by atoms with van der Waals surface area (Å²) in [7, 11) is 0.